The summed E-state index contributed by atoms with van der Waals surface area (Å²) in [4.78, 5) is 4.55. The Labute approximate surface area is 148 Å². The number of nitrogens with zero attached hydrogens (tertiary/aromatic N) is 4. The molecule has 2 aromatic carbocycles. The van der Waals surface area contributed by atoms with Crippen LogP contribution in [0, 0.1) is 0 Å². The number of fused-ring (bicyclic) bond motifs is 1. The molecule has 0 unspecified atom stereocenters. The number of imidazole rings is 1. The summed E-state index contributed by atoms with van der Waals surface area (Å²) < 4.78 is 1.72. The van der Waals surface area contributed by atoms with Crippen LogP contribution in [0.2, 0.25) is 5.02 Å². The van der Waals surface area contributed by atoms with E-state index in [4.69, 9.17) is 11.6 Å². The lowest BCUT2D eigenvalue weighted by Crippen LogP contribution is -1.82. The summed E-state index contributed by atoms with van der Waals surface area (Å²) in [5.74, 6) is 0.639. The first-order valence-corrected chi connectivity index (χ1v) is 8.03. The SMILES string of the molecule is Oc1cccn2c(N=Nc3ccc(Cl)cc3)c(-c3ccccc3)nc12. The predicted octanol–water partition coefficient (Wildman–Crippen LogP) is 5.78. The zero-order valence-electron chi connectivity index (χ0n) is 13.0. The third kappa shape index (κ3) is 2.97. The lowest BCUT2D eigenvalue weighted by molar-refractivity contribution is 0.477. The number of rotatable bonds is 3. The Balaban J connectivity index is 1.88. The van der Waals surface area contributed by atoms with Crippen molar-refractivity contribution in [3.8, 4) is 17.0 Å². The summed E-state index contributed by atoms with van der Waals surface area (Å²) in [7, 11) is 0. The second-order valence-electron chi connectivity index (χ2n) is 5.41. The number of aromatic hydroxyl groups is 1. The molecule has 0 spiro atoms. The minimum atomic E-state index is 0.0904. The van der Waals surface area contributed by atoms with Gasteiger partial charge in [0, 0.05) is 16.8 Å². The van der Waals surface area contributed by atoms with Crippen molar-refractivity contribution in [2.75, 3.05) is 0 Å². The molecule has 0 radical (unpaired) electrons. The average molecular weight is 349 g/mol. The maximum atomic E-state index is 10.1. The summed E-state index contributed by atoms with van der Waals surface area (Å²) >= 11 is 5.90. The van der Waals surface area contributed by atoms with Crippen LogP contribution in [0.1, 0.15) is 0 Å². The van der Waals surface area contributed by atoms with Gasteiger partial charge in [0.15, 0.2) is 17.2 Å². The molecule has 4 aromatic rings. The number of azo groups is 1. The number of pyridine rings is 1. The Kier molecular flexibility index (Phi) is 3.91. The molecule has 5 nitrogen and oxygen atoms in total. The van der Waals surface area contributed by atoms with Crippen molar-refractivity contribution in [2.24, 2.45) is 10.2 Å². The normalized spacial score (nSPS) is 11.4. The maximum Gasteiger partial charge on any atom is 0.187 e. The molecule has 0 bridgehead atoms. The van der Waals surface area contributed by atoms with Gasteiger partial charge in [0.05, 0.1) is 5.69 Å². The molecule has 4 rings (SSSR count). The Morgan fingerprint density at radius 3 is 2.40 bits per heavy atom. The molecular weight excluding hydrogens is 336 g/mol. The Hall–Kier alpha value is -3.18. The molecule has 122 valence electrons. The van der Waals surface area contributed by atoms with Crippen LogP contribution in [0.3, 0.4) is 0 Å². The maximum absolute atomic E-state index is 10.1. The summed E-state index contributed by atoms with van der Waals surface area (Å²) in [5, 5.41) is 19.4. The predicted molar refractivity (Wildman–Crippen MR) is 97.9 cm³/mol. The van der Waals surface area contributed by atoms with Gasteiger partial charge in [-0.05, 0) is 36.4 Å². The van der Waals surface area contributed by atoms with Crippen LogP contribution < -0.4 is 0 Å². The largest absolute Gasteiger partial charge is 0.504 e. The van der Waals surface area contributed by atoms with Gasteiger partial charge in [0.1, 0.15) is 5.69 Å². The van der Waals surface area contributed by atoms with Crippen molar-refractivity contribution in [3.05, 3.63) is 77.9 Å². The fraction of sp³-hybridized carbons (Fsp3) is 0. The second-order valence-corrected chi connectivity index (χ2v) is 5.85. The first kappa shape index (κ1) is 15.4. The van der Waals surface area contributed by atoms with Gasteiger partial charge in [-0.25, -0.2) is 4.98 Å². The van der Waals surface area contributed by atoms with E-state index in [1.165, 1.54) is 0 Å². The van der Waals surface area contributed by atoms with E-state index in [0.29, 0.717) is 27.9 Å². The molecule has 6 heteroatoms. The molecule has 2 heterocycles. The number of hydrogen-bond donors (Lipinski definition) is 1. The van der Waals surface area contributed by atoms with E-state index in [-0.39, 0.29) is 5.75 Å². The summed E-state index contributed by atoms with van der Waals surface area (Å²) in [6, 6.07) is 20.1. The lowest BCUT2D eigenvalue weighted by atomic mass is 10.1. The van der Waals surface area contributed by atoms with Gasteiger partial charge in [-0.3, -0.25) is 4.40 Å². The highest BCUT2D eigenvalue weighted by Gasteiger charge is 2.15. The molecule has 1 N–H and O–H groups in total. The van der Waals surface area contributed by atoms with Gasteiger partial charge >= 0.3 is 0 Å². The molecule has 0 saturated carbocycles. The molecule has 0 amide bonds. The molecule has 0 fully saturated rings. The topological polar surface area (TPSA) is 62.2 Å². The van der Waals surface area contributed by atoms with Crippen molar-refractivity contribution in [3.63, 3.8) is 0 Å². The zero-order valence-corrected chi connectivity index (χ0v) is 13.8. The third-order valence-electron chi connectivity index (χ3n) is 3.74. The van der Waals surface area contributed by atoms with Crippen molar-refractivity contribution >= 4 is 28.8 Å². The Bertz CT molecular complexity index is 1060. The first-order chi connectivity index (χ1) is 12.2. The van der Waals surface area contributed by atoms with E-state index >= 15 is 0 Å². The Morgan fingerprint density at radius 2 is 1.64 bits per heavy atom. The zero-order chi connectivity index (χ0) is 17.2. The molecule has 0 atom stereocenters. The van der Waals surface area contributed by atoms with Gasteiger partial charge in [-0.2, -0.15) is 0 Å². The summed E-state index contributed by atoms with van der Waals surface area (Å²) in [6.07, 6.45) is 1.80. The van der Waals surface area contributed by atoms with E-state index < -0.39 is 0 Å². The average Bonchev–Trinajstić information content (AvgIpc) is 3.02. The molecule has 0 aliphatic rings. The highest BCUT2D eigenvalue weighted by atomic mass is 35.5. The number of halogens is 1. The van der Waals surface area contributed by atoms with E-state index in [2.05, 4.69) is 15.2 Å². The van der Waals surface area contributed by atoms with E-state index in [0.717, 1.165) is 5.56 Å². The summed E-state index contributed by atoms with van der Waals surface area (Å²) in [5.41, 5.74) is 2.67. The molecule has 2 aromatic heterocycles. The highest BCUT2D eigenvalue weighted by Crippen LogP contribution is 2.34. The van der Waals surface area contributed by atoms with E-state index in [1.807, 2.05) is 30.3 Å². The lowest BCUT2D eigenvalue weighted by Gasteiger charge is -2.00. The standard InChI is InChI=1S/C19H13ClN4O/c20-14-8-10-15(11-9-14)22-23-19-17(13-5-2-1-3-6-13)21-18-16(25)7-4-12-24(18)19/h1-12,25H. The minimum Gasteiger partial charge on any atom is -0.504 e. The van der Waals surface area contributed by atoms with Crippen molar-refractivity contribution in [1.29, 1.82) is 0 Å². The minimum absolute atomic E-state index is 0.0904. The van der Waals surface area contributed by atoms with Crippen molar-refractivity contribution in [2.45, 2.75) is 0 Å². The molecule has 0 aliphatic heterocycles. The second kappa shape index (κ2) is 6.37. The molecule has 0 saturated heterocycles. The van der Waals surface area contributed by atoms with E-state index in [1.54, 1.807) is 47.0 Å². The number of hydrogen-bond acceptors (Lipinski definition) is 4. The fourth-order valence-corrected chi connectivity index (χ4v) is 2.66. The highest BCUT2D eigenvalue weighted by molar-refractivity contribution is 6.30. The van der Waals surface area contributed by atoms with Gasteiger partial charge in [-0.1, -0.05) is 41.9 Å². The van der Waals surface area contributed by atoms with Gasteiger partial charge in [0.2, 0.25) is 0 Å². The van der Waals surface area contributed by atoms with Crippen molar-refractivity contribution in [1.82, 2.24) is 9.38 Å². The monoisotopic (exact) mass is 348 g/mol. The number of aromatic nitrogens is 2. The van der Waals surface area contributed by atoms with Crippen LogP contribution in [-0.2, 0) is 0 Å². The summed E-state index contributed by atoms with van der Waals surface area (Å²) in [6.45, 7) is 0. The quantitative estimate of drug-likeness (QED) is 0.477. The van der Waals surface area contributed by atoms with Crippen LogP contribution >= 0.6 is 11.6 Å². The third-order valence-corrected chi connectivity index (χ3v) is 3.99. The molecule has 0 aliphatic carbocycles. The van der Waals surface area contributed by atoms with Gasteiger partial charge in [0.25, 0.3) is 0 Å². The Morgan fingerprint density at radius 1 is 0.880 bits per heavy atom. The van der Waals surface area contributed by atoms with Crippen LogP contribution in [-0.4, -0.2) is 14.5 Å². The first-order valence-electron chi connectivity index (χ1n) is 7.65. The van der Waals surface area contributed by atoms with Crippen molar-refractivity contribution < 1.29 is 5.11 Å². The van der Waals surface area contributed by atoms with E-state index in [9.17, 15) is 5.11 Å². The van der Waals surface area contributed by atoms with Crippen LogP contribution in [0.5, 0.6) is 5.75 Å². The molecule has 25 heavy (non-hydrogen) atoms. The van der Waals surface area contributed by atoms with Gasteiger partial charge < -0.3 is 5.11 Å². The smallest absolute Gasteiger partial charge is 0.187 e. The number of benzene rings is 2. The van der Waals surface area contributed by atoms with Crippen LogP contribution in [0.4, 0.5) is 11.5 Å². The molecular formula is C19H13ClN4O. The fourth-order valence-electron chi connectivity index (χ4n) is 2.54. The van der Waals surface area contributed by atoms with Crippen LogP contribution in [0.15, 0.2) is 83.2 Å². The van der Waals surface area contributed by atoms with Crippen LogP contribution in [0.25, 0.3) is 16.9 Å². The van der Waals surface area contributed by atoms with Gasteiger partial charge in [-0.15, -0.1) is 10.2 Å².